The molecule has 1 saturated heterocycles. The number of thioether (sulfide) groups is 1. The highest BCUT2D eigenvalue weighted by Crippen LogP contribution is 2.34. The summed E-state index contributed by atoms with van der Waals surface area (Å²) < 4.78 is 6.15. The molecule has 0 spiro atoms. The third kappa shape index (κ3) is 6.24. The number of aromatic carboxylic acids is 1. The monoisotopic (exact) mass is 543 g/mol. The van der Waals surface area contributed by atoms with Crippen LogP contribution in [0.5, 0.6) is 5.75 Å². The number of benzene rings is 3. The molecule has 0 atom stereocenters. The molecule has 1 N–H and O–H groups in total. The zero-order valence-electron chi connectivity index (χ0n) is 18.2. The van der Waals surface area contributed by atoms with Crippen molar-refractivity contribution in [2.45, 2.75) is 6.42 Å². The molecule has 9 heteroatoms. The first kappa shape index (κ1) is 25.3. The molecular weight excluding hydrogens is 525 g/mol. The summed E-state index contributed by atoms with van der Waals surface area (Å²) in [5, 5.41) is 10.1. The average molecular weight is 544 g/mol. The molecule has 1 aliphatic rings. The van der Waals surface area contributed by atoms with Gasteiger partial charge in [0.2, 0.25) is 0 Å². The van der Waals surface area contributed by atoms with Crippen LogP contribution in [0.2, 0.25) is 10.0 Å². The van der Waals surface area contributed by atoms with E-state index in [1.54, 1.807) is 29.2 Å². The lowest BCUT2D eigenvalue weighted by Gasteiger charge is -2.14. The molecule has 3 aromatic carbocycles. The topological polar surface area (TPSA) is 66.8 Å². The van der Waals surface area contributed by atoms with Crippen molar-refractivity contribution in [2.75, 3.05) is 13.2 Å². The number of nitrogens with zero attached hydrogens (tertiary/aromatic N) is 1. The average Bonchev–Trinajstić information content (AvgIpc) is 3.09. The fourth-order valence-corrected chi connectivity index (χ4v) is 5.30. The Morgan fingerprint density at radius 2 is 1.86 bits per heavy atom. The van der Waals surface area contributed by atoms with Gasteiger partial charge in [0, 0.05) is 22.2 Å². The molecule has 5 nitrogen and oxygen atoms in total. The van der Waals surface area contributed by atoms with Gasteiger partial charge in [0.1, 0.15) is 10.1 Å². The van der Waals surface area contributed by atoms with Crippen LogP contribution in [-0.2, 0) is 4.79 Å². The van der Waals surface area contributed by atoms with E-state index in [-0.39, 0.29) is 11.5 Å². The normalized spacial score (nSPS) is 14.6. The summed E-state index contributed by atoms with van der Waals surface area (Å²) in [5.74, 6) is -0.554. The van der Waals surface area contributed by atoms with Gasteiger partial charge in [0.15, 0.2) is 0 Å². The van der Waals surface area contributed by atoms with E-state index < -0.39 is 5.97 Å². The van der Waals surface area contributed by atoms with Gasteiger partial charge in [0.25, 0.3) is 5.91 Å². The molecule has 1 fully saturated rings. The molecule has 0 saturated carbocycles. The second-order valence-electron chi connectivity index (χ2n) is 7.61. The maximum absolute atomic E-state index is 12.9. The van der Waals surface area contributed by atoms with Crippen molar-refractivity contribution >= 4 is 69.5 Å². The Morgan fingerprint density at radius 3 is 2.57 bits per heavy atom. The summed E-state index contributed by atoms with van der Waals surface area (Å²) in [4.78, 5) is 26.0. The van der Waals surface area contributed by atoms with Crippen LogP contribution in [0.25, 0.3) is 17.2 Å². The molecule has 1 aliphatic heterocycles. The van der Waals surface area contributed by atoms with Crippen LogP contribution < -0.4 is 4.74 Å². The lowest BCUT2D eigenvalue weighted by molar-refractivity contribution is -0.122. The molecule has 1 amide bonds. The standard InChI is InChI=1S/C26H19Cl2NO4S2/c27-19-7-10-21(22(28)15-19)18-4-1-3-16(13-18)14-23-24(30)29(26(34)35-23)11-2-12-33-20-8-5-17(6-9-20)25(31)32/h1,3-10,13-15H,2,11-12H2,(H,31,32)/b23-14-. The minimum atomic E-state index is -0.987. The molecule has 3 aromatic rings. The van der Waals surface area contributed by atoms with E-state index in [4.69, 9.17) is 45.3 Å². The Hall–Kier alpha value is -2.84. The first-order chi connectivity index (χ1) is 16.8. The minimum Gasteiger partial charge on any atom is -0.494 e. The number of rotatable bonds is 8. The summed E-state index contributed by atoms with van der Waals surface area (Å²) in [6.45, 7) is 0.794. The molecule has 35 heavy (non-hydrogen) atoms. The number of hydrogen-bond acceptors (Lipinski definition) is 5. The summed E-state index contributed by atoms with van der Waals surface area (Å²) in [7, 11) is 0. The van der Waals surface area contributed by atoms with Gasteiger partial charge in [-0.3, -0.25) is 9.69 Å². The molecule has 0 radical (unpaired) electrons. The van der Waals surface area contributed by atoms with Crippen molar-refractivity contribution in [1.82, 2.24) is 4.90 Å². The van der Waals surface area contributed by atoms with Crippen LogP contribution in [-0.4, -0.2) is 39.4 Å². The molecule has 0 aliphatic carbocycles. The van der Waals surface area contributed by atoms with Crippen molar-refractivity contribution in [2.24, 2.45) is 0 Å². The number of carbonyl (C=O) groups excluding carboxylic acids is 1. The first-order valence-corrected chi connectivity index (χ1v) is 12.6. The zero-order chi connectivity index (χ0) is 24.9. The molecule has 0 bridgehead atoms. The Morgan fingerprint density at radius 1 is 1.09 bits per heavy atom. The fourth-order valence-electron chi connectivity index (χ4n) is 3.47. The summed E-state index contributed by atoms with van der Waals surface area (Å²) in [6, 6.07) is 19.3. The van der Waals surface area contributed by atoms with E-state index in [2.05, 4.69) is 0 Å². The Bertz CT molecular complexity index is 1330. The van der Waals surface area contributed by atoms with Crippen molar-refractivity contribution in [3.63, 3.8) is 0 Å². The molecule has 0 unspecified atom stereocenters. The highest BCUT2D eigenvalue weighted by atomic mass is 35.5. The van der Waals surface area contributed by atoms with Crippen LogP contribution in [0.15, 0.2) is 71.6 Å². The summed E-state index contributed by atoms with van der Waals surface area (Å²) in [5.41, 5.74) is 2.84. The molecule has 1 heterocycles. The van der Waals surface area contributed by atoms with Gasteiger partial charge in [-0.1, -0.05) is 71.4 Å². The Balaban J connectivity index is 1.37. The maximum Gasteiger partial charge on any atom is 0.335 e. The number of ether oxygens (including phenoxy) is 1. The minimum absolute atomic E-state index is 0.138. The van der Waals surface area contributed by atoms with Gasteiger partial charge >= 0.3 is 5.97 Å². The van der Waals surface area contributed by atoms with Crippen molar-refractivity contribution in [3.8, 4) is 16.9 Å². The predicted molar refractivity (Wildman–Crippen MR) is 145 cm³/mol. The van der Waals surface area contributed by atoms with E-state index in [1.807, 2.05) is 36.4 Å². The maximum atomic E-state index is 12.9. The second-order valence-corrected chi connectivity index (χ2v) is 10.1. The van der Waals surface area contributed by atoms with Gasteiger partial charge in [0.05, 0.1) is 17.1 Å². The quantitative estimate of drug-likeness (QED) is 0.187. The lowest BCUT2D eigenvalue weighted by atomic mass is 10.0. The lowest BCUT2D eigenvalue weighted by Crippen LogP contribution is -2.29. The SMILES string of the molecule is O=C(O)c1ccc(OCCCN2C(=O)/C(=C/c3cccc(-c4ccc(Cl)cc4Cl)c3)SC2=S)cc1. The predicted octanol–water partition coefficient (Wildman–Crippen LogP) is 7.03. The smallest absolute Gasteiger partial charge is 0.335 e. The molecule has 178 valence electrons. The number of thiocarbonyl (C=S) groups is 1. The van der Waals surface area contributed by atoms with Crippen LogP contribution in [0.1, 0.15) is 22.3 Å². The fraction of sp³-hybridized carbons (Fsp3) is 0.115. The largest absolute Gasteiger partial charge is 0.494 e. The molecule has 4 rings (SSSR count). The number of amides is 1. The summed E-state index contributed by atoms with van der Waals surface area (Å²) >= 11 is 19.1. The Kier molecular flexibility index (Phi) is 8.13. The number of hydrogen-bond donors (Lipinski definition) is 1. The van der Waals surface area contributed by atoms with Gasteiger partial charge in [-0.15, -0.1) is 0 Å². The Labute approximate surface area is 222 Å². The summed E-state index contributed by atoms with van der Waals surface area (Å²) in [6.07, 6.45) is 2.40. The van der Waals surface area contributed by atoms with Crippen LogP contribution in [0, 0.1) is 0 Å². The second kappa shape index (κ2) is 11.3. The molecular formula is C26H19Cl2NO4S2. The van der Waals surface area contributed by atoms with Gasteiger partial charge in [-0.25, -0.2) is 4.79 Å². The number of halogens is 2. The van der Waals surface area contributed by atoms with Gasteiger partial charge in [-0.05, 0) is 66.1 Å². The van der Waals surface area contributed by atoms with E-state index >= 15 is 0 Å². The molecule has 0 aromatic heterocycles. The van der Waals surface area contributed by atoms with Gasteiger partial charge < -0.3 is 9.84 Å². The zero-order valence-corrected chi connectivity index (χ0v) is 21.4. The number of carboxylic acid groups (broad SMARTS) is 1. The van der Waals surface area contributed by atoms with E-state index in [0.717, 1.165) is 16.7 Å². The van der Waals surface area contributed by atoms with E-state index in [0.29, 0.717) is 44.6 Å². The van der Waals surface area contributed by atoms with Crippen molar-refractivity contribution in [3.05, 3.63) is 92.8 Å². The first-order valence-electron chi connectivity index (χ1n) is 10.6. The van der Waals surface area contributed by atoms with Crippen LogP contribution >= 0.6 is 47.2 Å². The number of carboxylic acids is 1. The highest BCUT2D eigenvalue weighted by molar-refractivity contribution is 8.26. The van der Waals surface area contributed by atoms with Gasteiger partial charge in [-0.2, -0.15) is 0 Å². The number of carbonyl (C=O) groups is 2. The highest BCUT2D eigenvalue weighted by Gasteiger charge is 2.31. The van der Waals surface area contributed by atoms with Crippen LogP contribution in [0.4, 0.5) is 0 Å². The third-order valence-electron chi connectivity index (χ3n) is 5.20. The van der Waals surface area contributed by atoms with Crippen molar-refractivity contribution < 1.29 is 19.4 Å². The van der Waals surface area contributed by atoms with Crippen molar-refractivity contribution in [1.29, 1.82) is 0 Å². The third-order valence-corrected chi connectivity index (χ3v) is 7.12. The van der Waals surface area contributed by atoms with Crippen LogP contribution in [0.3, 0.4) is 0 Å². The van der Waals surface area contributed by atoms with E-state index in [1.165, 1.54) is 23.9 Å². The van der Waals surface area contributed by atoms with E-state index in [9.17, 15) is 9.59 Å².